The van der Waals surface area contributed by atoms with Crippen LogP contribution in [0.3, 0.4) is 0 Å². The van der Waals surface area contributed by atoms with Gasteiger partial charge in [0.15, 0.2) is 15.6 Å². The molecule has 0 N–H and O–H groups in total. The van der Waals surface area contributed by atoms with Crippen molar-refractivity contribution in [2.24, 2.45) is 5.92 Å². The Morgan fingerprint density at radius 3 is 2.25 bits per heavy atom. The summed E-state index contributed by atoms with van der Waals surface area (Å²) in [6.45, 7) is 0. The monoisotopic (exact) mass is 292 g/mol. The van der Waals surface area contributed by atoms with Gasteiger partial charge in [-0.3, -0.25) is 4.79 Å². The maximum absolute atomic E-state index is 12.0. The van der Waals surface area contributed by atoms with Gasteiger partial charge < -0.3 is 0 Å². The van der Waals surface area contributed by atoms with Crippen LogP contribution in [0, 0.1) is 5.92 Å². The molecule has 20 heavy (non-hydrogen) atoms. The summed E-state index contributed by atoms with van der Waals surface area (Å²) < 4.78 is 22.7. The number of carbonyl (C=O) groups is 1. The average molecular weight is 292 g/mol. The van der Waals surface area contributed by atoms with E-state index in [0.717, 1.165) is 19.1 Å². The second kappa shape index (κ2) is 6.35. The van der Waals surface area contributed by atoms with Gasteiger partial charge in [0.2, 0.25) is 0 Å². The Morgan fingerprint density at radius 2 is 1.70 bits per heavy atom. The molecule has 4 heteroatoms. The molecule has 0 unspecified atom stereocenters. The first-order chi connectivity index (χ1) is 9.47. The molecule has 0 aliphatic heterocycles. The topological polar surface area (TPSA) is 51.2 Å². The summed E-state index contributed by atoms with van der Waals surface area (Å²) in [6, 6.07) is 6.11. The summed E-state index contributed by atoms with van der Waals surface area (Å²) in [4.78, 5) is 12.3. The van der Waals surface area contributed by atoms with Crippen molar-refractivity contribution >= 4 is 15.6 Å². The molecule has 0 heterocycles. The smallest absolute Gasteiger partial charge is 0.185 e. The second-order valence-electron chi connectivity index (χ2n) is 5.42. The van der Waals surface area contributed by atoms with E-state index in [0.29, 0.717) is 11.5 Å². The summed E-state index contributed by atoms with van der Waals surface area (Å²) in [5.41, 5.74) is 0.532. The average Bonchev–Trinajstić information content (AvgIpc) is 2.45. The van der Waals surface area contributed by atoms with E-state index in [1.165, 1.54) is 31.4 Å². The molecule has 0 saturated heterocycles. The zero-order valence-electron chi connectivity index (χ0n) is 11.7. The van der Waals surface area contributed by atoms with E-state index in [9.17, 15) is 13.2 Å². The van der Waals surface area contributed by atoms with E-state index in [1.807, 2.05) is 6.08 Å². The fourth-order valence-electron chi connectivity index (χ4n) is 2.51. The van der Waals surface area contributed by atoms with Crippen molar-refractivity contribution in [1.29, 1.82) is 0 Å². The third-order valence-corrected chi connectivity index (χ3v) is 4.87. The van der Waals surface area contributed by atoms with Crippen LogP contribution in [0.1, 0.15) is 42.5 Å². The lowest BCUT2D eigenvalue weighted by Crippen LogP contribution is -2.04. The van der Waals surface area contributed by atoms with Gasteiger partial charge in [0.05, 0.1) is 4.90 Å². The lowest BCUT2D eigenvalue weighted by Gasteiger charge is -2.17. The Kier molecular flexibility index (Phi) is 4.76. The van der Waals surface area contributed by atoms with E-state index < -0.39 is 9.84 Å². The van der Waals surface area contributed by atoms with E-state index in [-0.39, 0.29) is 10.7 Å². The fraction of sp³-hybridized carbons (Fsp3) is 0.438. The minimum Gasteiger partial charge on any atom is -0.289 e. The van der Waals surface area contributed by atoms with Crippen molar-refractivity contribution in [2.75, 3.05) is 6.26 Å². The molecule has 1 aromatic carbocycles. The Balaban J connectivity index is 2.04. The van der Waals surface area contributed by atoms with Gasteiger partial charge >= 0.3 is 0 Å². The predicted octanol–water partition coefficient (Wildman–Crippen LogP) is 3.41. The highest BCUT2D eigenvalue weighted by Gasteiger charge is 2.11. The fourth-order valence-corrected chi connectivity index (χ4v) is 3.14. The van der Waals surface area contributed by atoms with Gasteiger partial charge in [0.25, 0.3) is 0 Å². The summed E-state index contributed by atoms with van der Waals surface area (Å²) >= 11 is 0. The van der Waals surface area contributed by atoms with Crippen LogP contribution in [0.25, 0.3) is 0 Å². The SMILES string of the molecule is CS(=O)(=O)c1ccc(C(=O)/C=C/C2CCCCC2)cc1. The first-order valence-electron chi connectivity index (χ1n) is 6.99. The Morgan fingerprint density at radius 1 is 1.10 bits per heavy atom. The number of benzene rings is 1. The number of ketones is 1. The van der Waals surface area contributed by atoms with Crippen molar-refractivity contribution in [3.63, 3.8) is 0 Å². The first kappa shape index (κ1) is 15.0. The van der Waals surface area contributed by atoms with Crippen LogP contribution in [0.5, 0.6) is 0 Å². The molecule has 1 aliphatic rings. The first-order valence-corrected chi connectivity index (χ1v) is 8.88. The van der Waals surface area contributed by atoms with Crippen LogP contribution in [0.2, 0.25) is 0 Å². The van der Waals surface area contributed by atoms with Gasteiger partial charge in [-0.05, 0) is 49.1 Å². The van der Waals surface area contributed by atoms with Crippen molar-refractivity contribution in [1.82, 2.24) is 0 Å². The normalized spacial score (nSPS) is 17.4. The number of sulfone groups is 1. The van der Waals surface area contributed by atoms with E-state index in [1.54, 1.807) is 18.2 Å². The Bertz CT molecular complexity index is 591. The molecular formula is C16H20O3S. The highest BCUT2D eigenvalue weighted by Crippen LogP contribution is 2.24. The van der Waals surface area contributed by atoms with Crippen LogP contribution in [0.15, 0.2) is 41.3 Å². The molecule has 1 aromatic rings. The maximum Gasteiger partial charge on any atom is 0.185 e. The van der Waals surface area contributed by atoms with Gasteiger partial charge in [0, 0.05) is 11.8 Å². The number of carbonyl (C=O) groups excluding carboxylic acids is 1. The quantitative estimate of drug-likeness (QED) is 0.631. The maximum atomic E-state index is 12.0. The molecule has 0 atom stereocenters. The van der Waals surface area contributed by atoms with Crippen LogP contribution >= 0.6 is 0 Å². The summed E-state index contributed by atoms with van der Waals surface area (Å²) in [6.07, 6.45) is 10.9. The molecule has 3 nitrogen and oxygen atoms in total. The third kappa shape index (κ3) is 4.04. The number of allylic oxidation sites excluding steroid dienone is 2. The minimum absolute atomic E-state index is 0.0596. The van der Waals surface area contributed by atoms with Gasteiger partial charge in [0.1, 0.15) is 0 Å². The second-order valence-corrected chi connectivity index (χ2v) is 7.43. The van der Waals surface area contributed by atoms with Gasteiger partial charge in [-0.15, -0.1) is 0 Å². The molecule has 0 aromatic heterocycles. The molecular weight excluding hydrogens is 272 g/mol. The predicted molar refractivity (Wildman–Crippen MR) is 79.6 cm³/mol. The highest BCUT2D eigenvalue weighted by molar-refractivity contribution is 7.90. The van der Waals surface area contributed by atoms with Crippen molar-refractivity contribution in [3.8, 4) is 0 Å². The lowest BCUT2D eigenvalue weighted by molar-refractivity contribution is 0.104. The zero-order valence-corrected chi connectivity index (χ0v) is 12.5. The van der Waals surface area contributed by atoms with Gasteiger partial charge in [-0.2, -0.15) is 0 Å². The van der Waals surface area contributed by atoms with E-state index in [4.69, 9.17) is 0 Å². The van der Waals surface area contributed by atoms with Crippen LogP contribution in [-0.4, -0.2) is 20.5 Å². The van der Waals surface area contributed by atoms with Gasteiger partial charge in [-0.25, -0.2) is 8.42 Å². The summed E-state index contributed by atoms with van der Waals surface area (Å²) in [5.74, 6) is 0.457. The Hall–Kier alpha value is -1.42. The molecule has 0 bridgehead atoms. The zero-order chi connectivity index (χ0) is 14.6. The van der Waals surface area contributed by atoms with Crippen molar-refractivity contribution in [3.05, 3.63) is 42.0 Å². The molecule has 2 rings (SSSR count). The largest absolute Gasteiger partial charge is 0.289 e. The van der Waals surface area contributed by atoms with E-state index in [2.05, 4.69) is 0 Å². The van der Waals surface area contributed by atoms with Gasteiger partial charge in [-0.1, -0.05) is 25.3 Å². The van der Waals surface area contributed by atoms with E-state index >= 15 is 0 Å². The molecule has 108 valence electrons. The highest BCUT2D eigenvalue weighted by atomic mass is 32.2. The lowest BCUT2D eigenvalue weighted by atomic mass is 9.89. The van der Waals surface area contributed by atoms with Crippen molar-refractivity contribution < 1.29 is 13.2 Å². The third-order valence-electron chi connectivity index (χ3n) is 3.74. The number of rotatable bonds is 4. The molecule has 1 aliphatic carbocycles. The molecule has 1 saturated carbocycles. The molecule has 0 amide bonds. The summed E-state index contributed by atoms with van der Waals surface area (Å²) in [7, 11) is -3.20. The van der Waals surface area contributed by atoms with Crippen molar-refractivity contribution in [2.45, 2.75) is 37.0 Å². The standard InChI is InChI=1S/C16H20O3S/c1-20(18,19)15-10-8-14(9-11-15)16(17)12-7-13-5-3-2-4-6-13/h7-13H,2-6H2,1H3/b12-7+. The number of hydrogen-bond acceptors (Lipinski definition) is 3. The molecule has 0 spiro atoms. The minimum atomic E-state index is -3.20. The van der Waals surface area contributed by atoms with Crippen LogP contribution in [0.4, 0.5) is 0 Å². The number of hydrogen-bond donors (Lipinski definition) is 0. The van der Waals surface area contributed by atoms with Crippen LogP contribution < -0.4 is 0 Å². The summed E-state index contributed by atoms with van der Waals surface area (Å²) in [5, 5.41) is 0. The Labute approximate surface area is 120 Å². The molecule has 0 radical (unpaired) electrons. The van der Waals surface area contributed by atoms with Crippen LogP contribution in [-0.2, 0) is 9.84 Å². The molecule has 1 fully saturated rings.